The molecule has 2 fully saturated rings. The molecule has 1 saturated carbocycles. The highest BCUT2D eigenvalue weighted by Crippen LogP contribution is 2.31. The fourth-order valence-corrected chi connectivity index (χ4v) is 5.94. The number of carbonyl (C=O) groups excluding carboxylic acids is 1. The third-order valence-electron chi connectivity index (χ3n) is 6.12. The molecule has 9 heteroatoms. The Labute approximate surface area is 176 Å². The molecule has 1 N–H and O–H groups in total. The smallest absolute Gasteiger partial charge is 0.245 e. The highest BCUT2D eigenvalue weighted by Gasteiger charge is 2.33. The minimum atomic E-state index is -3.90. The van der Waals surface area contributed by atoms with Crippen LogP contribution >= 0.6 is 0 Å². The first-order valence-corrected chi connectivity index (χ1v) is 12.0. The van der Waals surface area contributed by atoms with Crippen molar-refractivity contribution in [3.63, 3.8) is 0 Å². The number of carbonyl (C=O) groups is 1. The molecule has 0 unspecified atom stereocenters. The van der Waals surface area contributed by atoms with E-state index in [2.05, 4.69) is 10.4 Å². The fraction of sp³-hybridized carbons (Fsp3) is 0.524. The molecule has 30 heavy (non-hydrogen) atoms. The zero-order valence-electron chi connectivity index (χ0n) is 16.8. The average Bonchev–Trinajstić information content (AvgIpc) is 3.22. The molecule has 0 atom stereocenters. The number of hydrogen-bond acceptors (Lipinski definition) is 4. The van der Waals surface area contributed by atoms with E-state index in [0.717, 1.165) is 18.9 Å². The number of sulfonamides is 1. The SMILES string of the molecule is O=C(Nc1ccnn1C1CCCCC1)C1CCN(S(=O)(=O)c2ccccc2F)CC1. The summed E-state index contributed by atoms with van der Waals surface area (Å²) >= 11 is 0. The quantitative estimate of drug-likeness (QED) is 0.780. The molecule has 0 spiro atoms. The molecule has 1 saturated heterocycles. The molecular formula is C21H27FN4O3S. The molecule has 2 aliphatic rings. The van der Waals surface area contributed by atoms with Crippen LogP contribution in [0.3, 0.4) is 0 Å². The molecule has 1 amide bonds. The van der Waals surface area contributed by atoms with Gasteiger partial charge in [0.2, 0.25) is 15.9 Å². The Morgan fingerprint density at radius 3 is 2.43 bits per heavy atom. The number of benzene rings is 1. The topological polar surface area (TPSA) is 84.3 Å². The van der Waals surface area contributed by atoms with Crippen molar-refractivity contribution in [1.29, 1.82) is 0 Å². The fourth-order valence-electron chi connectivity index (χ4n) is 4.41. The first-order chi connectivity index (χ1) is 14.5. The second kappa shape index (κ2) is 8.85. The summed E-state index contributed by atoms with van der Waals surface area (Å²) in [5.74, 6) is -0.455. The number of halogens is 1. The molecule has 1 aliphatic heterocycles. The van der Waals surface area contributed by atoms with Gasteiger partial charge in [0.15, 0.2) is 0 Å². The van der Waals surface area contributed by atoms with Gasteiger partial charge in [-0.1, -0.05) is 31.4 Å². The van der Waals surface area contributed by atoms with Gasteiger partial charge in [-0.15, -0.1) is 0 Å². The van der Waals surface area contributed by atoms with Crippen LogP contribution in [0.1, 0.15) is 51.0 Å². The van der Waals surface area contributed by atoms with Gasteiger partial charge < -0.3 is 5.32 Å². The maximum atomic E-state index is 14.0. The van der Waals surface area contributed by atoms with E-state index >= 15 is 0 Å². The van der Waals surface area contributed by atoms with Crippen LogP contribution in [-0.2, 0) is 14.8 Å². The first-order valence-electron chi connectivity index (χ1n) is 10.6. The Kier molecular flexibility index (Phi) is 6.19. The van der Waals surface area contributed by atoms with Crippen LogP contribution in [0, 0.1) is 11.7 Å². The van der Waals surface area contributed by atoms with Crippen molar-refractivity contribution in [3.8, 4) is 0 Å². The molecule has 0 bridgehead atoms. The average molecular weight is 435 g/mol. The lowest BCUT2D eigenvalue weighted by Gasteiger charge is -2.31. The second-order valence-corrected chi connectivity index (χ2v) is 9.96. The van der Waals surface area contributed by atoms with Crippen molar-refractivity contribution in [2.75, 3.05) is 18.4 Å². The summed E-state index contributed by atoms with van der Waals surface area (Å²) in [4.78, 5) is 12.5. The Morgan fingerprint density at radius 1 is 1.03 bits per heavy atom. The Balaban J connectivity index is 1.37. The summed E-state index contributed by atoms with van der Waals surface area (Å²) in [5.41, 5.74) is 0. The second-order valence-electron chi connectivity index (χ2n) is 8.05. The lowest BCUT2D eigenvalue weighted by Crippen LogP contribution is -2.41. The minimum Gasteiger partial charge on any atom is -0.311 e. The van der Waals surface area contributed by atoms with Crippen molar-refractivity contribution in [3.05, 3.63) is 42.3 Å². The largest absolute Gasteiger partial charge is 0.311 e. The number of nitrogens with one attached hydrogen (secondary N) is 1. The number of nitrogens with zero attached hydrogens (tertiary/aromatic N) is 3. The normalized spacial score (nSPS) is 19.6. The van der Waals surface area contributed by atoms with Gasteiger partial charge in [0, 0.05) is 25.1 Å². The third-order valence-corrected chi connectivity index (χ3v) is 8.05. The van der Waals surface area contributed by atoms with Gasteiger partial charge in [0.05, 0.1) is 12.2 Å². The van der Waals surface area contributed by atoms with E-state index in [1.807, 2.05) is 10.7 Å². The Hall–Kier alpha value is -2.26. The number of amides is 1. The first kappa shape index (κ1) is 21.0. The van der Waals surface area contributed by atoms with Gasteiger partial charge in [0.25, 0.3) is 0 Å². The third kappa shape index (κ3) is 4.27. The zero-order valence-corrected chi connectivity index (χ0v) is 17.7. The lowest BCUT2D eigenvalue weighted by atomic mass is 9.95. The van der Waals surface area contributed by atoms with Gasteiger partial charge in [-0.05, 0) is 37.8 Å². The zero-order chi connectivity index (χ0) is 21.1. The molecular weight excluding hydrogens is 407 g/mol. The van der Waals surface area contributed by atoms with Crippen LogP contribution in [0.5, 0.6) is 0 Å². The van der Waals surface area contributed by atoms with Crippen molar-refractivity contribution < 1.29 is 17.6 Å². The van der Waals surface area contributed by atoms with Gasteiger partial charge in [-0.25, -0.2) is 17.5 Å². The van der Waals surface area contributed by atoms with Gasteiger partial charge in [-0.2, -0.15) is 9.40 Å². The van der Waals surface area contributed by atoms with E-state index in [4.69, 9.17) is 0 Å². The molecule has 7 nitrogen and oxygen atoms in total. The van der Waals surface area contributed by atoms with Crippen molar-refractivity contribution in [2.45, 2.75) is 55.9 Å². The summed E-state index contributed by atoms with van der Waals surface area (Å²) in [5, 5.41) is 7.39. The molecule has 2 heterocycles. The number of anilines is 1. The maximum Gasteiger partial charge on any atom is 0.245 e. The molecule has 1 aromatic heterocycles. The molecule has 1 aromatic carbocycles. The predicted molar refractivity (Wildman–Crippen MR) is 111 cm³/mol. The number of rotatable bonds is 5. The lowest BCUT2D eigenvalue weighted by molar-refractivity contribution is -0.121. The Bertz CT molecular complexity index is 993. The molecule has 0 radical (unpaired) electrons. The van der Waals surface area contributed by atoms with E-state index < -0.39 is 15.8 Å². The summed E-state index contributed by atoms with van der Waals surface area (Å²) in [6, 6.07) is 7.51. The van der Waals surface area contributed by atoms with E-state index in [-0.39, 0.29) is 29.8 Å². The maximum absolute atomic E-state index is 14.0. The molecule has 4 rings (SSSR count). The van der Waals surface area contributed by atoms with Gasteiger partial charge in [0.1, 0.15) is 16.5 Å². The van der Waals surface area contributed by atoms with Gasteiger partial charge in [-0.3, -0.25) is 4.79 Å². The van der Waals surface area contributed by atoms with E-state index in [9.17, 15) is 17.6 Å². The molecule has 162 valence electrons. The van der Waals surface area contributed by atoms with Crippen LogP contribution in [0.25, 0.3) is 0 Å². The summed E-state index contributed by atoms with van der Waals surface area (Å²) in [7, 11) is -3.90. The number of piperidine rings is 1. The van der Waals surface area contributed by atoms with Crippen LogP contribution in [0.2, 0.25) is 0 Å². The molecule has 1 aliphatic carbocycles. The van der Waals surface area contributed by atoms with E-state index in [0.29, 0.717) is 24.7 Å². The van der Waals surface area contributed by atoms with Gasteiger partial charge >= 0.3 is 0 Å². The van der Waals surface area contributed by atoms with Crippen molar-refractivity contribution >= 4 is 21.7 Å². The number of aromatic nitrogens is 2. The van der Waals surface area contributed by atoms with Crippen LogP contribution in [0.4, 0.5) is 10.2 Å². The summed E-state index contributed by atoms with van der Waals surface area (Å²) in [6.07, 6.45) is 8.23. The Morgan fingerprint density at radius 2 is 1.73 bits per heavy atom. The molecule has 2 aromatic rings. The van der Waals surface area contributed by atoms with E-state index in [1.54, 1.807) is 6.20 Å². The summed E-state index contributed by atoms with van der Waals surface area (Å²) < 4.78 is 42.6. The van der Waals surface area contributed by atoms with Crippen LogP contribution in [0.15, 0.2) is 41.4 Å². The highest BCUT2D eigenvalue weighted by molar-refractivity contribution is 7.89. The summed E-state index contributed by atoms with van der Waals surface area (Å²) in [6.45, 7) is 0.382. The minimum absolute atomic E-state index is 0.115. The van der Waals surface area contributed by atoms with Crippen molar-refractivity contribution in [2.24, 2.45) is 5.92 Å². The highest BCUT2D eigenvalue weighted by atomic mass is 32.2. The monoisotopic (exact) mass is 434 g/mol. The van der Waals surface area contributed by atoms with Crippen molar-refractivity contribution in [1.82, 2.24) is 14.1 Å². The van der Waals surface area contributed by atoms with Crippen LogP contribution < -0.4 is 5.32 Å². The number of hydrogen-bond donors (Lipinski definition) is 1. The predicted octanol–water partition coefficient (Wildman–Crippen LogP) is 3.57. The standard InChI is InChI=1S/C21H27FN4O3S/c22-18-8-4-5-9-19(18)30(28,29)25-14-11-16(12-15-25)21(27)24-20-10-13-23-26(20)17-6-2-1-3-7-17/h4-5,8-10,13,16-17H,1-3,6-7,11-12,14-15H2,(H,24,27). The van der Waals surface area contributed by atoms with Crippen LogP contribution in [-0.4, -0.2) is 41.5 Å². The van der Waals surface area contributed by atoms with E-state index in [1.165, 1.54) is 41.8 Å².